The van der Waals surface area contributed by atoms with Gasteiger partial charge >= 0.3 is 6.18 Å². The number of piperazine rings is 1. The zero-order valence-corrected chi connectivity index (χ0v) is 19.9. The van der Waals surface area contributed by atoms with Gasteiger partial charge < -0.3 is 15.1 Å². The number of nitrogens with zero attached hydrogens (tertiary/aromatic N) is 5. The molecule has 1 N–H and O–H groups in total. The van der Waals surface area contributed by atoms with Crippen molar-refractivity contribution in [3.8, 4) is 0 Å². The predicted molar refractivity (Wildman–Crippen MR) is 128 cm³/mol. The van der Waals surface area contributed by atoms with E-state index in [0.717, 1.165) is 42.2 Å². The second kappa shape index (κ2) is 11.0. The third kappa shape index (κ3) is 6.92. The molecule has 0 radical (unpaired) electrons. The van der Waals surface area contributed by atoms with Crippen molar-refractivity contribution in [3.63, 3.8) is 0 Å². The van der Waals surface area contributed by atoms with Crippen LogP contribution in [0.15, 0.2) is 59.9 Å². The number of rotatable bonds is 7. The fraction of sp³-hybridized carbons (Fsp3) is 0.333. The Bertz CT molecular complexity index is 1140. The van der Waals surface area contributed by atoms with Gasteiger partial charge in [-0.15, -0.1) is 0 Å². The topological polar surface area (TPSA) is 74.2 Å². The summed E-state index contributed by atoms with van der Waals surface area (Å²) >= 11 is 1.14. The van der Waals surface area contributed by atoms with Gasteiger partial charge in [-0.25, -0.2) is 9.97 Å². The molecule has 4 rings (SSSR count). The number of hydrogen-bond acceptors (Lipinski definition) is 7. The number of carbonyl (C=O) groups is 1. The molecule has 11 heteroatoms. The average molecular weight is 503 g/mol. The van der Waals surface area contributed by atoms with E-state index in [1.54, 1.807) is 36.5 Å². The summed E-state index contributed by atoms with van der Waals surface area (Å²) in [6.45, 7) is 3.06. The fourth-order valence-electron chi connectivity index (χ4n) is 3.50. The van der Waals surface area contributed by atoms with Crippen LogP contribution < -0.4 is 10.2 Å². The van der Waals surface area contributed by atoms with Crippen molar-refractivity contribution < 1.29 is 18.0 Å². The van der Waals surface area contributed by atoms with Gasteiger partial charge in [0.2, 0.25) is 0 Å². The molecule has 3 heterocycles. The number of pyridine rings is 1. The van der Waals surface area contributed by atoms with Crippen molar-refractivity contribution >= 4 is 23.5 Å². The highest BCUT2D eigenvalue weighted by Gasteiger charge is 2.34. The van der Waals surface area contributed by atoms with Crippen molar-refractivity contribution in [1.29, 1.82) is 0 Å². The summed E-state index contributed by atoms with van der Waals surface area (Å²) in [5.74, 6) is 0.440. The number of hydrogen-bond donors (Lipinski definition) is 1. The molecule has 1 amide bonds. The molecule has 1 aliphatic rings. The molecule has 1 fully saturated rings. The first-order chi connectivity index (χ1) is 16.8. The van der Waals surface area contributed by atoms with Crippen molar-refractivity contribution in [2.45, 2.75) is 23.6 Å². The Kier molecular flexibility index (Phi) is 7.86. The van der Waals surface area contributed by atoms with Crippen LogP contribution in [-0.4, -0.2) is 59.0 Å². The highest BCUT2D eigenvalue weighted by molar-refractivity contribution is 7.98. The number of carbonyl (C=O) groups excluding carboxylic acids is 1. The van der Waals surface area contributed by atoms with Gasteiger partial charge in [-0.05, 0) is 36.9 Å². The molecule has 184 valence electrons. The lowest BCUT2D eigenvalue weighted by atomic mass is 10.1. The van der Waals surface area contributed by atoms with Gasteiger partial charge in [-0.3, -0.25) is 9.78 Å². The molecule has 0 spiro atoms. The van der Waals surface area contributed by atoms with Crippen LogP contribution in [0.25, 0.3) is 0 Å². The van der Waals surface area contributed by atoms with Gasteiger partial charge in [-0.1, -0.05) is 30.0 Å². The second-order valence-corrected chi connectivity index (χ2v) is 9.11. The van der Waals surface area contributed by atoms with Crippen molar-refractivity contribution in [3.05, 3.63) is 77.2 Å². The van der Waals surface area contributed by atoms with Gasteiger partial charge in [-0.2, -0.15) is 13.2 Å². The Morgan fingerprint density at radius 1 is 1.06 bits per heavy atom. The Labute approximate surface area is 205 Å². The minimum atomic E-state index is -4.55. The van der Waals surface area contributed by atoms with E-state index < -0.39 is 11.9 Å². The Morgan fingerprint density at radius 2 is 1.80 bits per heavy atom. The molecular formula is C24H25F3N6OS. The maximum Gasteiger partial charge on any atom is 0.433 e. The first-order valence-electron chi connectivity index (χ1n) is 11.1. The molecule has 0 saturated carbocycles. The van der Waals surface area contributed by atoms with Gasteiger partial charge in [0.15, 0.2) is 10.9 Å². The number of anilines is 1. The van der Waals surface area contributed by atoms with Crippen LogP contribution in [0.2, 0.25) is 0 Å². The van der Waals surface area contributed by atoms with Crippen LogP contribution >= 0.6 is 11.8 Å². The molecule has 0 unspecified atom stereocenters. The third-order valence-corrected chi connectivity index (χ3v) is 6.47. The van der Waals surface area contributed by atoms with Crippen LogP contribution in [0.3, 0.4) is 0 Å². The number of alkyl halides is 3. The van der Waals surface area contributed by atoms with E-state index >= 15 is 0 Å². The maximum atomic E-state index is 13.5. The van der Waals surface area contributed by atoms with Crippen molar-refractivity contribution in [2.75, 3.05) is 38.1 Å². The monoisotopic (exact) mass is 502 g/mol. The Morgan fingerprint density at radius 3 is 2.46 bits per heavy atom. The summed E-state index contributed by atoms with van der Waals surface area (Å²) in [7, 11) is 1.98. The van der Waals surface area contributed by atoms with Gasteiger partial charge in [0.1, 0.15) is 5.82 Å². The SMILES string of the molecule is CN1CCN(c2cc(C(F)(F)F)nc(SCc3ccc(C(=O)NCc4ccccn4)cc3)n2)CC1. The lowest BCUT2D eigenvalue weighted by Gasteiger charge is -2.33. The largest absolute Gasteiger partial charge is 0.433 e. The average Bonchev–Trinajstić information content (AvgIpc) is 2.87. The summed E-state index contributed by atoms with van der Waals surface area (Å²) < 4.78 is 40.4. The number of halogens is 3. The molecule has 1 aromatic carbocycles. The smallest absolute Gasteiger partial charge is 0.354 e. The number of nitrogens with one attached hydrogen (secondary N) is 1. The van der Waals surface area contributed by atoms with Gasteiger partial charge in [0.25, 0.3) is 5.91 Å². The number of thioether (sulfide) groups is 1. The van der Waals surface area contributed by atoms with E-state index in [4.69, 9.17) is 0 Å². The second-order valence-electron chi connectivity index (χ2n) is 8.17. The molecule has 1 saturated heterocycles. The summed E-state index contributed by atoms with van der Waals surface area (Å²) in [5, 5.41) is 2.89. The highest BCUT2D eigenvalue weighted by atomic mass is 32.2. The van der Waals surface area contributed by atoms with E-state index in [1.165, 1.54) is 0 Å². The number of benzene rings is 1. The quantitative estimate of drug-likeness (QED) is 0.389. The first kappa shape index (κ1) is 24.9. The minimum absolute atomic E-state index is 0.0749. The first-order valence-corrected chi connectivity index (χ1v) is 12.1. The summed E-state index contributed by atoms with van der Waals surface area (Å²) in [4.78, 5) is 28.7. The summed E-state index contributed by atoms with van der Waals surface area (Å²) in [6, 6.07) is 13.4. The molecule has 3 aromatic rings. The number of likely N-dealkylation sites (N-methyl/N-ethyl adjacent to an activating group) is 1. The third-order valence-electron chi connectivity index (χ3n) is 5.55. The number of amides is 1. The van der Waals surface area contributed by atoms with Crippen LogP contribution in [0, 0.1) is 0 Å². The molecule has 0 atom stereocenters. The van der Waals surface area contributed by atoms with E-state index in [0.29, 0.717) is 36.8 Å². The predicted octanol–water partition coefficient (Wildman–Crippen LogP) is 3.86. The van der Waals surface area contributed by atoms with E-state index in [-0.39, 0.29) is 11.1 Å². The van der Waals surface area contributed by atoms with Crippen molar-refractivity contribution in [1.82, 2.24) is 25.2 Å². The minimum Gasteiger partial charge on any atom is -0.354 e. The Hall–Kier alpha value is -3.18. The highest BCUT2D eigenvalue weighted by Crippen LogP contribution is 2.32. The van der Waals surface area contributed by atoms with Crippen LogP contribution in [0.4, 0.5) is 19.0 Å². The van der Waals surface area contributed by atoms with Crippen molar-refractivity contribution in [2.24, 2.45) is 0 Å². The molecular weight excluding hydrogens is 477 g/mol. The lowest BCUT2D eigenvalue weighted by molar-refractivity contribution is -0.141. The van der Waals surface area contributed by atoms with Gasteiger partial charge in [0.05, 0.1) is 12.2 Å². The standard InChI is InChI=1S/C24H25F3N6OS/c1-32-10-12-33(13-11-32)21-14-20(24(25,26)27)30-23(31-21)35-16-17-5-7-18(8-6-17)22(34)29-15-19-4-2-3-9-28-19/h2-9,14H,10-13,15-16H2,1H3,(H,29,34). The van der Waals surface area contributed by atoms with Crippen LogP contribution in [0.1, 0.15) is 27.3 Å². The molecule has 0 aliphatic carbocycles. The van der Waals surface area contributed by atoms with Gasteiger partial charge in [0, 0.05) is 49.8 Å². The fourth-order valence-corrected chi connectivity index (χ4v) is 4.31. The normalized spacial score (nSPS) is 14.7. The molecule has 0 bridgehead atoms. The number of aromatic nitrogens is 3. The maximum absolute atomic E-state index is 13.5. The molecule has 1 aliphatic heterocycles. The lowest BCUT2D eigenvalue weighted by Crippen LogP contribution is -2.45. The van der Waals surface area contributed by atoms with E-state index in [9.17, 15) is 18.0 Å². The van der Waals surface area contributed by atoms with Crippen LogP contribution in [-0.2, 0) is 18.5 Å². The van der Waals surface area contributed by atoms with E-state index in [1.807, 2.05) is 24.1 Å². The molecule has 7 nitrogen and oxygen atoms in total. The zero-order valence-electron chi connectivity index (χ0n) is 19.1. The summed E-state index contributed by atoms with van der Waals surface area (Å²) in [5.41, 5.74) is 1.15. The van der Waals surface area contributed by atoms with E-state index in [2.05, 4.69) is 25.2 Å². The zero-order chi connectivity index (χ0) is 24.8. The van der Waals surface area contributed by atoms with Crippen LogP contribution in [0.5, 0.6) is 0 Å². The molecule has 2 aromatic heterocycles. The Balaban J connectivity index is 1.40. The summed E-state index contributed by atoms with van der Waals surface area (Å²) in [6.07, 6.45) is -2.89. The molecule has 35 heavy (non-hydrogen) atoms.